The molecule has 0 atom stereocenters. The zero-order valence-corrected chi connectivity index (χ0v) is 12.3. The quantitative estimate of drug-likeness (QED) is 0.716. The Bertz CT molecular complexity index is 532. The fraction of sp³-hybridized carbons (Fsp3) is 0.500. The van der Waals surface area contributed by atoms with Crippen LogP contribution in [-0.2, 0) is 11.2 Å². The van der Waals surface area contributed by atoms with Gasteiger partial charge in [0.15, 0.2) is 0 Å². The van der Waals surface area contributed by atoms with Crippen LogP contribution in [0.25, 0.3) is 10.1 Å². The molecule has 1 saturated carbocycles. The van der Waals surface area contributed by atoms with Crippen molar-refractivity contribution >= 4 is 21.4 Å². The summed E-state index contributed by atoms with van der Waals surface area (Å²) in [6.45, 7) is 2.75. The van der Waals surface area contributed by atoms with E-state index in [4.69, 9.17) is 4.74 Å². The van der Waals surface area contributed by atoms with Crippen LogP contribution < -0.4 is 0 Å². The van der Waals surface area contributed by atoms with Crippen LogP contribution in [0.15, 0.2) is 29.6 Å². The molecule has 102 valence electrons. The molecule has 0 spiro atoms. The molecule has 1 aromatic heterocycles. The van der Waals surface area contributed by atoms with Crippen LogP contribution in [0.4, 0.5) is 0 Å². The first-order valence-electron chi connectivity index (χ1n) is 7.07. The number of hydrogen-bond donors (Lipinski definition) is 0. The number of rotatable bonds is 7. The van der Waals surface area contributed by atoms with Crippen molar-refractivity contribution < 1.29 is 4.74 Å². The van der Waals surface area contributed by atoms with Crippen molar-refractivity contribution in [1.29, 1.82) is 0 Å². The molecule has 19 heavy (non-hydrogen) atoms. The Labute approximate surface area is 119 Å². The van der Waals surface area contributed by atoms with Crippen molar-refractivity contribution in [3.8, 4) is 0 Å². The average Bonchev–Trinajstić information content (AvgIpc) is 3.17. The van der Waals surface area contributed by atoms with Gasteiger partial charge in [0.05, 0.1) is 13.2 Å². The Kier molecular flexibility index (Phi) is 4.16. The molecule has 1 aromatic carbocycles. The number of likely N-dealkylation sites (N-methyl/N-ethyl adjacent to an activating group) is 1. The Morgan fingerprint density at radius 2 is 2.16 bits per heavy atom. The largest absolute Gasteiger partial charge is 0.380 e. The van der Waals surface area contributed by atoms with Crippen LogP contribution in [0.5, 0.6) is 0 Å². The van der Waals surface area contributed by atoms with E-state index in [1.807, 2.05) is 0 Å². The molecule has 1 aliphatic carbocycles. The lowest BCUT2D eigenvalue weighted by atomic mass is 10.1. The molecule has 0 aliphatic heterocycles. The van der Waals surface area contributed by atoms with Crippen molar-refractivity contribution in [2.24, 2.45) is 0 Å². The summed E-state index contributed by atoms with van der Waals surface area (Å²) in [5.41, 5.74) is 1.38. The summed E-state index contributed by atoms with van der Waals surface area (Å²) in [6, 6.07) is 9.75. The smallest absolute Gasteiger partial charge is 0.0593 e. The second-order valence-electron chi connectivity index (χ2n) is 5.37. The van der Waals surface area contributed by atoms with Gasteiger partial charge in [0, 0.05) is 17.3 Å². The highest BCUT2D eigenvalue weighted by Crippen LogP contribution is 2.24. The first kappa shape index (κ1) is 13.1. The normalized spacial score (nSPS) is 15.5. The van der Waals surface area contributed by atoms with Crippen LogP contribution in [0.2, 0.25) is 0 Å². The molecular formula is C16H21NOS. The summed E-state index contributed by atoms with van der Waals surface area (Å²) in [5, 5.41) is 3.51. The van der Waals surface area contributed by atoms with Crippen molar-refractivity contribution in [2.45, 2.75) is 25.3 Å². The molecule has 1 aliphatic rings. The van der Waals surface area contributed by atoms with Crippen LogP contribution in [0.1, 0.15) is 18.4 Å². The molecule has 1 heterocycles. The minimum Gasteiger partial charge on any atom is -0.380 e. The van der Waals surface area contributed by atoms with Gasteiger partial charge in [0.1, 0.15) is 0 Å². The second kappa shape index (κ2) is 6.04. The lowest BCUT2D eigenvalue weighted by Gasteiger charge is -2.15. The number of thiophene rings is 1. The number of benzene rings is 1. The van der Waals surface area contributed by atoms with Crippen molar-refractivity contribution in [1.82, 2.24) is 4.90 Å². The van der Waals surface area contributed by atoms with Crippen molar-refractivity contribution in [2.75, 3.05) is 26.8 Å². The van der Waals surface area contributed by atoms with Gasteiger partial charge in [-0.3, -0.25) is 0 Å². The van der Waals surface area contributed by atoms with Gasteiger partial charge in [0.25, 0.3) is 0 Å². The number of fused-ring (bicyclic) bond motifs is 1. The van der Waals surface area contributed by atoms with E-state index in [0.29, 0.717) is 0 Å². The minimum atomic E-state index is 0.828. The Balaban J connectivity index is 1.39. The van der Waals surface area contributed by atoms with E-state index in [9.17, 15) is 0 Å². The Morgan fingerprint density at radius 3 is 3.00 bits per heavy atom. The molecule has 1 fully saturated rings. The van der Waals surface area contributed by atoms with Gasteiger partial charge < -0.3 is 9.64 Å². The lowest BCUT2D eigenvalue weighted by Crippen LogP contribution is -2.25. The monoisotopic (exact) mass is 275 g/mol. The van der Waals surface area contributed by atoms with Gasteiger partial charge in [-0.1, -0.05) is 12.1 Å². The van der Waals surface area contributed by atoms with Gasteiger partial charge in [-0.05, 0) is 54.8 Å². The predicted molar refractivity (Wildman–Crippen MR) is 82.0 cm³/mol. The fourth-order valence-corrected chi connectivity index (χ4v) is 3.14. The lowest BCUT2D eigenvalue weighted by molar-refractivity contribution is 0.112. The van der Waals surface area contributed by atoms with E-state index >= 15 is 0 Å². The van der Waals surface area contributed by atoms with Gasteiger partial charge in [0.2, 0.25) is 0 Å². The molecular weight excluding hydrogens is 254 g/mol. The molecule has 0 saturated heterocycles. The molecule has 2 aromatic rings. The molecule has 2 nitrogen and oxygen atoms in total. The molecule has 0 unspecified atom stereocenters. The average molecular weight is 275 g/mol. The third-order valence-electron chi connectivity index (χ3n) is 3.81. The number of nitrogens with zero attached hydrogens (tertiary/aromatic N) is 1. The highest BCUT2D eigenvalue weighted by Gasteiger charge is 2.25. The third kappa shape index (κ3) is 3.56. The van der Waals surface area contributed by atoms with Gasteiger partial charge in [-0.15, -0.1) is 11.3 Å². The van der Waals surface area contributed by atoms with E-state index in [2.05, 4.69) is 41.6 Å². The van der Waals surface area contributed by atoms with Gasteiger partial charge in [-0.25, -0.2) is 0 Å². The maximum Gasteiger partial charge on any atom is 0.0593 e. The van der Waals surface area contributed by atoms with E-state index < -0.39 is 0 Å². The zero-order chi connectivity index (χ0) is 13.1. The predicted octanol–water partition coefficient (Wildman–Crippen LogP) is 3.55. The first-order chi connectivity index (χ1) is 9.33. The molecule has 3 rings (SSSR count). The van der Waals surface area contributed by atoms with E-state index in [0.717, 1.165) is 32.2 Å². The van der Waals surface area contributed by atoms with Gasteiger partial charge in [-0.2, -0.15) is 0 Å². The SMILES string of the molecule is CN(CCOCCc1ccc2sccc2c1)C1CC1. The Hall–Kier alpha value is -0.900. The zero-order valence-electron chi connectivity index (χ0n) is 11.5. The van der Waals surface area contributed by atoms with Crippen LogP contribution in [-0.4, -0.2) is 37.7 Å². The van der Waals surface area contributed by atoms with E-state index in [1.54, 1.807) is 11.3 Å². The molecule has 0 radical (unpaired) electrons. The van der Waals surface area contributed by atoms with E-state index in [-0.39, 0.29) is 0 Å². The van der Waals surface area contributed by atoms with Crippen LogP contribution in [0.3, 0.4) is 0 Å². The maximum absolute atomic E-state index is 5.74. The third-order valence-corrected chi connectivity index (χ3v) is 4.71. The maximum atomic E-state index is 5.74. The second-order valence-corrected chi connectivity index (χ2v) is 6.31. The molecule has 0 bridgehead atoms. The summed E-state index contributed by atoms with van der Waals surface area (Å²) in [5.74, 6) is 0. The Morgan fingerprint density at radius 1 is 1.26 bits per heavy atom. The van der Waals surface area contributed by atoms with Crippen molar-refractivity contribution in [3.05, 3.63) is 35.2 Å². The van der Waals surface area contributed by atoms with E-state index in [1.165, 1.54) is 28.5 Å². The summed E-state index contributed by atoms with van der Waals surface area (Å²) in [6.07, 6.45) is 3.76. The van der Waals surface area contributed by atoms with Crippen LogP contribution in [0, 0.1) is 0 Å². The first-order valence-corrected chi connectivity index (χ1v) is 7.95. The standard InChI is InChI=1S/C16H21NOS/c1-17(15-3-4-15)8-10-18-9-6-13-2-5-16-14(12-13)7-11-19-16/h2,5,7,11-12,15H,3-4,6,8-10H2,1H3. The molecule has 0 N–H and O–H groups in total. The minimum absolute atomic E-state index is 0.828. The number of ether oxygens (including phenoxy) is 1. The highest BCUT2D eigenvalue weighted by atomic mass is 32.1. The molecule has 3 heteroatoms. The van der Waals surface area contributed by atoms with Gasteiger partial charge >= 0.3 is 0 Å². The number of hydrogen-bond acceptors (Lipinski definition) is 3. The summed E-state index contributed by atoms with van der Waals surface area (Å²) < 4.78 is 7.11. The highest BCUT2D eigenvalue weighted by molar-refractivity contribution is 7.17. The molecule has 0 amide bonds. The van der Waals surface area contributed by atoms with Crippen LogP contribution >= 0.6 is 11.3 Å². The summed E-state index contributed by atoms with van der Waals surface area (Å²) >= 11 is 1.80. The fourth-order valence-electron chi connectivity index (χ4n) is 2.37. The summed E-state index contributed by atoms with van der Waals surface area (Å²) in [7, 11) is 2.20. The van der Waals surface area contributed by atoms with Crippen molar-refractivity contribution in [3.63, 3.8) is 0 Å². The topological polar surface area (TPSA) is 12.5 Å². The summed E-state index contributed by atoms with van der Waals surface area (Å²) in [4.78, 5) is 2.41.